The fourth-order valence-corrected chi connectivity index (χ4v) is 2.12. The number of benzene rings is 1. The van der Waals surface area contributed by atoms with Gasteiger partial charge in [0.15, 0.2) is 0 Å². The Bertz CT molecular complexity index is 542. The number of ether oxygens (including phenoxy) is 1. The summed E-state index contributed by atoms with van der Waals surface area (Å²) in [4.78, 5) is 0. The third kappa shape index (κ3) is 3.97. The number of rotatable bonds is 6. The predicted octanol–water partition coefficient (Wildman–Crippen LogP) is 2.32. The van der Waals surface area contributed by atoms with E-state index >= 15 is 0 Å². The van der Waals surface area contributed by atoms with Gasteiger partial charge >= 0.3 is 0 Å². The van der Waals surface area contributed by atoms with Crippen LogP contribution in [0.4, 0.5) is 0 Å². The average Bonchev–Trinajstić information content (AvgIpc) is 2.86. The number of aryl methyl sites for hydroxylation is 2. The van der Waals surface area contributed by atoms with E-state index in [1.165, 1.54) is 17.3 Å². The van der Waals surface area contributed by atoms with Gasteiger partial charge < -0.3 is 14.9 Å². The summed E-state index contributed by atoms with van der Waals surface area (Å²) < 4.78 is 11.0. The molecule has 0 fully saturated rings. The van der Waals surface area contributed by atoms with Crippen molar-refractivity contribution in [2.24, 2.45) is 5.73 Å². The van der Waals surface area contributed by atoms with Crippen LogP contribution in [-0.2, 0) is 6.54 Å². The van der Waals surface area contributed by atoms with Crippen LogP contribution in [0.15, 0.2) is 27.8 Å². The van der Waals surface area contributed by atoms with Gasteiger partial charge in [-0.2, -0.15) is 0 Å². The SMILES string of the molecule is Cc1ccc(C)c(OCCSc2nnc(CN)o2)c1. The van der Waals surface area contributed by atoms with Gasteiger partial charge in [-0.3, -0.25) is 0 Å². The summed E-state index contributed by atoms with van der Waals surface area (Å²) in [7, 11) is 0. The molecule has 0 aliphatic rings. The van der Waals surface area contributed by atoms with E-state index in [1.807, 2.05) is 19.9 Å². The third-order valence-electron chi connectivity index (χ3n) is 2.53. The molecular formula is C13H17N3O2S. The maximum atomic E-state index is 5.74. The van der Waals surface area contributed by atoms with Gasteiger partial charge in [0.1, 0.15) is 5.75 Å². The van der Waals surface area contributed by atoms with Crippen molar-refractivity contribution in [3.8, 4) is 5.75 Å². The molecule has 0 aliphatic heterocycles. The van der Waals surface area contributed by atoms with Crippen molar-refractivity contribution in [1.82, 2.24) is 10.2 Å². The van der Waals surface area contributed by atoms with Gasteiger partial charge in [-0.1, -0.05) is 23.9 Å². The number of hydrogen-bond acceptors (Lipinski definition) is 6. The number of aromatic nitrogens is 2. The van der Waals surface area contributed by atoms with Crippen LogP contribution in [0.2, 0.25) is 0 Å². The maximum Gasteiger partial charge on any atom is 0.276 e. The van der Waals surface area contributed by atoms with Crippen molar-refractivity contribution >= 4 is 11.8 Å². The van der Waals surface area contributed by atoms with Crippen molar-refractivity contribution in [2.75, 3.05) is 12.4 Å². The van der Waals surface area contributed by atoms with Crippen LogP contribution in [0.25, 0.3) is 0 Å². The van der Waals surface area contributed by atoms with Crippen LogP contribution in [0.1, 0.15) is 17.0 Å². The zero-order valence-corrected chi connectivity index (χ0v) is 11.9. The van der Waals surface area contributed by atoms with Gasteiger partial charge in [0, 0.05) is 5.75 Å². The molecule has 0 aliphatic carbocycles. The van der Waals surface area contributed by atoms with Crippen LogP contribution < -0.4 is 10.5 Å². The van der Waals surface area contributed by atoms with E-state index in [1.54, 1.807) is 0 Å². The molecule has 2 rings (SSSR count). The second-order valence-electron chi connectivity index (χ2n) is 4.13. The van der Waals surface area contributed by atoms with Gasteiger partial charge in [-0.25, -0.2) is 0 Å². The minimum atomic E-state index is 0.270. The Morgan fingerprint density at radius 2 is 2.16 bits per heavy atom. The smallest absolute Gasteiger partial charge is 0.276 e. The topological polar surface area (TPSA) is 74.2 Å². The molecule has 0 amide bonds. The molecule has 1 aromatic carbocycles. The Labute approximate surface area is 116 Å². The highest BCUT2D eigenvalue weighted by molar-refractivity contribution is 7.99. The molecule has 0 bridgehead atoms. The number of nitrogens with two attached hydrogens (primary N) is 1. The molecule has 0 unspecified atom stereocenters. The van der Waals surface area contributed by atoms with Crippen molar-refractivity contribution < 1.29 is 9.15 Å². The van der Waals surface area contributed by atoms with E-state index in [2.05, 4.69) is 22.3 Å². The molecule has 0 atom stereocenters. The maximum absolute atomic E-state index is 5.74. The molecular weight excluding hydrogens is 262 g/mol. The second kappa shape index (κ2) is 6.58. The molecule has 2 aromatic rings. The Morgan fingerprint density at radius 3 is 2.89 bits per heavy atom. The van der Waals surface area contributed by atoms with Crippen molar-refractivity contribution in [1.29, 1.82) is 0 Å². The molecule has 5 nitrogen and oxygen atoms in total. The van der Waals surface area contributed by atoms with Gasteiger partial charge in [0.2, 0.25) is 5.89 Å². The number of thioether (sulfide) groups is 1. The zero-order chi connectivity index (χ0) is 13.7. The van der Waals surface area contributed by atoms with Crippen molar-refractivity contribution in [2.45, 2.75) is 25.6 Å². The predicted molar refractivity (Wildman–Crippen MR) is 74.3 cm³/mol. The van der Waals surface area contributed by atoms with Crippen LogP contribution >= 0.6 is 11.8 Å². The lowest BCUT2D eigenvalue weighted by Gasteiger charge is -2.08. The first-order valence-electron chi connectivity index (χ1n) is 6.04. The summed E-state index contributed by atoms with van der Waals surface area (Å²) in [6, 6.07) is 6.17. The summed E-state index contributed by atoms with van der Waals surface area (Å²) in [5.74, 6) is 2.13. The van der Waals surface area contributed by atoms with Crippen molar-refractivity contribution in [3.05, 3.63) is 35.2 Å². The van der Waals surface area contributed by atoms with Crippen LogP contribution in [-0.4, -0.2) is 22.6 Å². The molecule has 0 radical (unpaired) electrons. The first-order valence-corrected chi connectivity index (χ1v) is 7.03. The Hall–Kier alpha value is -1.53. The summed E-state index contributed by atoms with van der Waals surface area (Å²) in [5, 5.41) is 8.20. The number of hydrogen-bond donors (Lipinski definition) is 1. The molecule has 1 heterocycles. The lowest BCUT2D eigenvalue weighted by Crippen LogP contribution is -2.01. The fraction of sp³-hybridized carbons (Fsp3) is 0.385. The first-order chi connectivity index (χ1) is 9.19. The van der Waals surface area contributed by atoms with E-state index < -0.39 is 0 Å². The lowest BCUT2D eigenvalue weighted by molar-refractivity contribution is 0.340. The average molecular weight is 279 g/mol. The third-order valence-corrected chi connectivity index (χ3v) is 3.32. The van der Waals surface area contributed by atoms with Crippen LogP contribution in [0.5, 0.6) is 5.75 Å². The highest BCUT2D eigenvalue weighted by atomic mass is 32.2. The van der Waals surface area contributed by atoms with E-state index in [0.717, 1.165) is 17.1 Å². The highest BCUT2D eigenvalue weighted by Crippen LogP contribution is 2.20. The zero-order valence-electron chi connectivity index (χ0n) is 11.0. The Morgan fingerprint density at radius 1 is 1.32 bits per heavy atom. The summed E-state index contributed by atoms with van der Waals surface area (Å²) in [6.45, 7) is 4.95. The highest BCUT2D eigenvalue weighted by Gasteiger charge is 2.05. The van der Waals surface area contributed by atoms with E-state index in [9.17, 15) is 0 Å². The first kappa shape index (κ1) is 13.9. The molecule has 2 N–H and O–H groups in total. The van der Waals surface area contributed by atoms with E-state index in [0.29, 0.717) is 17.7 Å². The molecule has 0 saturated carbocycles. The van der Waals surface area contributed by atoms with Gasteiger partial charge in [0.25, 0.3) is 5.22 Å². The summed E-state index contributed by atoms with van der Waals surface area (Å²) in [5.41, 5.74) is 7.72. The van der Waals surface area contributed by atoms with Crippen LogP contribution in [0.3, 0.4) is 0 Å². The Balaban J connectivity index is 1.79. The standard InChI is InChI=1S/C13H17N3O2S/c1-9-3-4-10(2)11(7-9)17-5-6-19-13-16-15-12(8-14)18-13/h3-4,7H,5-6,8,14H2,1-2H3. The van der Waals surface area contributed by atoms with Crippen molar-refractivity contribution in [3.63, 3.8) is 0 Å². The molecule has 19 heavy (non-hydrogen) atoms. The minimum absolute atomic E-state index is 0.270. The van der Waals surface area contributed by atoms with Crippen LogP contribution in [0, 0.1) is 13.8 Å². The van der Waals surface area contributed by atoms with Gasteiger partial charge in [0.05, 0.1) is 13.2 Å². The largest absolute Gasteiger partial charge is 0.492 e. The van der Waals surface area contributed by atoms with Gasteiger partial charge in [-0.15, -0.1) is 10.2 Å². The molecule has 102 valence electrons. The quantitative estimate of drug-likeness (QED) is 0.646. The number of nitrogens with zero attached hydrogens (tertiary/aromatic N) is 2. The van der Waals surface area contributed by atoms with Gasteiger partial charge in [-0.05, 0) is 31.0 Å². The second-order valence-corrected chi connectivity index (χ2v) is 5.18. The monoisotopic (exact) mass is 279 g/mol. The Kier molecular flexibility index (Phi) is 4.81. The van der Waals surface area contributed by atoms with E-state index in [-0.39, 0.29) is 6.54 Å². The summed E-state index contributed by atoms with van der Waals surface area (Å²) in [6.07, 6.45) is 0. The van der Waals surface area contributed by atoms with E-state index in [4.69, 9.17) is 14.9 Å². The molecule has 0 spiro atoms. The normalized spacial score (nSPS) is 10.7. The summed E-state index contributed by atoms with van der Waals surface area (Å²) >= 11 is 1.47. The minimum Gasteiger partial charge on any atom is -0.492 e. The molecule has 6 heteroatoms. The molecule has 1 aromatic heterocycles. The molecule has 0 saturated heterocycles. The fourth-order valence-electron chi connectivity index (χ4n) is 1.52. The lowest BCUT2D eigenvalue weighted by atomic mass is 10.1.